The highest BCUT2D eigenvalue weighted by Crippen LogP contribution is 2.17. The van der Waals surface area contributed by atoms with E-state index in [1.165, 1.54) is 18.2 Å². The van der Waals surface area contributed by atoms with Gasteiger partial charge in [-0.05, 0) is 30.3 Å². The van der Waals surface area contributed by atoms with Crippen molar-refractivity contribution in [3.8, 4) is 0 Å². The van der Waals surface area contributed by atoms with Crippen LogP contribution in [0.25, 0.3) is 0 Å². The van der Waals surface area contributed by atoms with Gasteiger partial charge < -0.3 is 5.32 Å². The highest BCUT2D eigenvalue weighted by Gasteiger charge is 2.19. The van der Waals surface area contributed by atoms with Crippen LogP contribution in [0.5, 0.6) is 0 Å². The monoisotopic (exact) mass is 329 g/mol. The van der Waals surface area contributed by atoms with Gasteiger partial charge in [0.05, 0.1) is 4.92 Å². The average Bonchev–Trinajstić information content (AvgIpc) is 2.55. The third-order valence-electron chi connectivity index (χ3n) is 3.11. The van der Waals surface area contributed by atoms with Gasteiger partial charge in [-0.2, -0.15) is 0 Å². The smallest absolute Gasteiger partial charge is 0.282 e. The molecule has 2 aromatic rings. The van der Waals surface area contributed by atoms with Crippen molar-refractivity contribution >= 4 is 28.9 Å². The number of para-hydroxylation sites is 1. The summed E-state index contributed by atoms with van der Waals surface area (Å²) in [7, 11) is 0. The van der Waals surface area contributed by atoms with Gasteiger partial charge in [-0.3, -0.25) is 20.2 Å². The van der Waals surface area contributed by atoms with E-state index in [1.807, 2.05) is 30.3 Å². The minimum absolute atomic E-state index is 0.0234. The number of rotatable bonds is 5. The number of carbonyl (C=O) groups excluding carboxylic acids is 1. The minimum Gasteiger partial charge on any atom is -0.362 e. The number of amides is 1. The minimum atomic E-state index is -0.602. The van der Waals surface area contributed by atoms with E-state index in [9.17, 15) is 14.9 Å². The van der Waals surface area contributed by atoms with Crippen LogP contribution < -0.4 is 10.6 Å². The number of nitro benzene ring substituents is 1. The van der Waals surface area contributed by atoms with Gasteiger partial charge in [-0.1, -0.05) is 42.5 Å². The van der Waals surface area contributed by atoms with Crippen molar-refractivity contribution in [1.82, 2.24) is 10.6 Å². The molecule has 0 heterocycles. The van der Waals surface area contributed by atoms with E-state index in [-0.39, 0.29) is 16.4 Å². The molecule has 2 N–H and O–H groups in total. The summed E-state index contributed by atoms with van der Waals surface area (Å²) in [6.07, 6.45) is 0.752. The van der Waals surface area contributed by atoms with E-state index in [4.69, 9.17) is 12.2 Å². The molecule has 0 spiro atoms. The molecule has 0 aliphatic heterocycles. The van der Waals surface area contributed by atoms with E-state index in [0.717, 1.165) is 12.0 Å². The van der Waals surface area contributed by atoms with Crippen LogP contribution in [-0.2, 0) is 6.42 Å². The summed E-state index contributed by atoms with van der Waals surface area (Å²) >= 11 is 5.04. The maximum Gasteiger partial charge on any atom is 0.282 e. The zero-order chi connectivity index (χ0) is 16.7. The molecule has 0 unspecified atom stereocenters. The summed E-state index contributed by atoms with van der Waals surface area (Å²) in [5.74, 6) is -0.602. The number of hydrogen-bond donors (Lipinski definition) is 2. The zero-order valence-corrected chi connectivity index (χ0v) is 13.0. The van der Waals surface area contributed by atoms with Crippen molar-refractivity contribution in [2.24, 2.45) is 0 Å². The Balaban J connectivity index is 1.88. The van der Waals surface area contributed by atoms with Gasteiger partial charge in [0, 0.05) is 12.6 Å². The Labute approximate surface area is 138 Å². The van der Waals surface area contributed by atoms with Gasteiger partial charge >= 0.3 is 0 Å². The topological polar surface area (TPSA) is 84.3 Å². The van der Waals surface area contributed by atoms with E-state index in [0.29, 0.717) is 6.54 Å². The molecular weight excluding hydrogens is 314 g/mol. The summed E-state index contributed by atoms with van der Waals surface area (Å²) in [6.45, 7) is 0.556. The number of hydrogen-bond acceptors (Lipinski definition) is 4. The summed E-state index contributed by atoms with van der Waals surface area (Å²) in [6, 6.07) is 15.6. The van der Waals surface area contributed by atoms with Crippen molar-refractivity contribution < 1.29 is 9.72 Å². The van der Waals surface area contributed by atoms with Crippen LogP contribution in [0.1, 0.15) is 15.9 Å². The van der Waals surface area contributed by atoms with Gasteiger partial charge in [0.15, 0.2) is 5.11 Å². The maximum atomic E-state index is 12.1. The first-order valence-corrected chi connectivity index (χ1v) is 7.35. The highest BCUT2D eigenvalue weighted by atomic mass is 32.1. The van der Waals surface area contributed by atoms with Crippen LogP contribution in [0.2, 0.25) is 0 Å². The molecule has 23 heavy (non-hydrogen) atoms. The molecule has 0 aliphatic rings. The molecule has 7 heteroatoms. The molecular formula is C16H15N3O3S. The van der Waals surface area contributed by atoms with Crippen molar-refractivity contribution in [3.05, 3.63) is 75.8 Å². The molecule has 1 amide bonds. The Morgan fingerprint density at radius 1 is 1.09 bits per heavy atom. The Morgan fingerprint density at radius 2 is 1.74 bits per heavy atom. The van der Waals surface area contributed by atoms with Crippen molar-refractivity contribution in [3.63, 3.8) is 0 Å². The Bertz CT molecular complexity index is 720. The second kappa shape index (κ2) is 8.00. The Hall–Kier alpha value is -2.80. The lowest BCUT2D eigenvalue weighted by Crippen LogP contribution is -2.40. The molecule has 0 bridgehead atoms. The average molecular weight is 329 g/mol. The fourth-order valence-electron chi connectivity index (χ4n) is 2.00. The third-order valence-corrected chi connectivity index (χ3v) is 3.36. The number of nitro groups is 1. The van der Waals surface area contributed by atoms with E-state index < -0.39 is 10.8 Å². The first kappa shape index (κ1) is 16.6. The van der Waals surface area contributed by atoms with Crippen LogP contribution in [0, 0.1) is 10.1 Å². The highest BCUT2D eigenvalue weighted by molar-refractivity contribution is 7.80. The largest absolute Gasteiger partial charge is 0.362 e. The maximum absolute atomic E-state index is 12.1. The lowest BCUT2D eigenvalue weighted by molar-refractivity contribution is -0.385. The van der Waals surface area contributed by atoms with Crippen molar-refractivity contribution in [1.29, 1.82) is 0 Å². The number of thiocarbonyl (C=S) groups is 1. The molecule has 0 saturated carbocycles. The van der Waals surface area contributed by atoms with E-state index >= 15 is 0 Å². The van der Waals surface area contributed by atoms with Gasteiger partial charge in [0.25, 0.3) is 11.6 Å². The molecule has 0 aliphatic carbocycles. The predicted molar refractivity (Wildman–Crippen MR) is 91.3 cm³/mol. The number of carbonyl (C=O) groups is 1. The molecule has 6 nitrogen and oxygen atoms in total. The van der Waals surface area contributed by atoms with Crippen LogP contribution in [0.15, 0.2) is 54.6 Å². The SMILES string of the molecule is O=C(NC(=S)NCCc1ccccc1)c1ccccc1[N+](=O)[O-]. The third kappa shape index (κ3) is 4.86. The molecule has 118 valence electrons. The number of nitrogens with one attached hydrogen (secondary N) is 2. The first-order valence-electron chi connectivity index (χ1n) is 6.94. The van der Waals surface area contributed by atoms with Crippen LogP contribution in [0.4, 0.5) is 5.69 Å². The lowest BCUT2D eigenvalue weighted by Gasteiger charge is -2.09. The quantitative estimate of drug-likeness (QED) is 0.500. The number of benzene rings is 2. The summed E-state index contributed by atoms with van der Waals surface area (Å²) in [5.41, 5.74) is 0.870. The summed E-state index contributed by atoms with van der Waals surface area (Å²) in [5, 5.41) is 16.4. The van der Waals surface area contributed by atoms with Gasteiger partial charge in [-0.15, -0.1) is 0 Å². The molecule has 0 radical (unpaired) electrons. The van der Waals surface area contributed by atoms with Crippen LogP contribution in [0.3, 0.4) is 0 Å². The lowest BCUT2D eigenvalue weighted by atomic mass is 10.1. The Kier molecular flexibility index (Phi) is 5.76. The first-order chi connectivity index (χ1) is 11.1. The van der Waals surface area contributed by atoms with Crippen LogP contribution >= 0.6 is 12.2 Å². The molecule has 0 saturated heterocycles. The van der Waals surface area contributed by atoms with Gasteiger partial charge in [-0.25, -0.2) is 0 Å². The molecule has 0 atom stereocenters. The normalized spacial score (nSPS) is 9.91. The summed E-state index contributed by atoms with van der Waals surface area (Å²) < 4.78 is 0. The standard InChI is InChI=1S/C16H15N3O3S/c20-15(13-8-4-5-9-14(13)19(21)22)18-16(23)17-11-10-12-6-2-1-3-7-12/h1-9H,10-11H2,(H2,17,18,20,23). The zero-order valence-electron chi connectivity index (χ0n) is 12.2. The van der Waals surface area contributed by atoms with Crippen LogP contribution in [-0.4, -0.2) is 22.5 Å². The second-order valence-electron chi connectivity index (χ2n) is 4.72. The number of nitrogens with zero attached hydrogens (tertiary/aromatic N) is 1. The predicted octanol–water partition coefficient (Wildman–Crippen LogP) is 2.44. The Morgan fingerprint density at radius 3 is 2.43 bits per heavy atom. The van der Waals surface area contributed by atoms with Gasteiger partial charge in [0.1, 0.15) is 5.56 Å². The van der Waals surface area contributed by atoms with Gasteiger partial charge in [0.2, 0.25) is 0 Å². The van der Waals surface area contributed by atoms with Crippen molar-refractivity contribution in [2.45, 2.75) is 6.42 Å². The fraction of sp³-hybridized carbons (Fsp3) is 0.125. The van der Waals surface area contributed by atoms with E-state index in [2.05, 4.69) is 10.6 Å². The summed E-state index contributed by atoms with van der Waals surface area (Å²) in [4.78, 5) is 22.4. The van der Waals surface area contributed by atoms with Crippen molar-refractivity contribution in [2.75, 3.05) is 6.54 Å². The second-order valence-corrected chi connectivity index (χ2v) is 5.13. The molecule has 0 fully saturated rings. The molecule has 2 aromatic carbocycles. The molecule has 2 rings (SSSR count). The van der Waals surface area contributed by atoms with E-state index in [1.54, 1.807) is 6.07 Å². The fourth-order valence-corrected chi connectivity index (χ4v) is 2.20. The molecule has 0 aromatic heterocycles.